The number of Topliss-reactive ketones (excluding diaryl/α,β-unsaturated/α-hetero) is 1. The highest BCUT2D eigenvalue weighted by Crippen LogP contribution is 2.29. The summed E-state index contributed by atoms with van der Waals surface area (Å²) in [5.74, 6) is 1.21. The third-order valence-corrected chi connectivity index (χ3v) is 2.15. The van der Waals surface area contributed by atoms with Gasteiger partial charge in [0, 0.05) is 6.42 Å². The first-order valence-corrected chi connectivity index (χ1v) is 4.10. The van der Waals surface area contributed by atoms with Gasteiger partial charge in [0.15, 0.2) is 5.82 Å². The number of carbonyl (C=O) groups is 1. The topological polar surface area (TPSA) is 56.0 Å². The van der Waals surface area contributed by atoms with E-state index >= 15 is 0 Å². The molecule has 0 amide bonds. The van der Waals surface area contributed by atoms with Gasteiger partial charge in [0.2, 0.25) is 5.89 Å². The molecule has 0 N–H and O–H groups in total. The maximum absolute atomic E-state index is 11.3. The zero-order valence-electron chi connectivity index (χ0n) is 6.91. The lowest BCUT2D eigenvalue weighted by atomic mass is 10.1. The molecule has 0 spiro atoms. The molecule has 0 aromatic carbocycles. The van der Waals surface area contributed by atoms with Gasteiger partial charge < -0.3 is 4.52 Å². The summed E-state index contributed by atoms with van der Waals surface area (Å²) < 4.78 is 4.94. The molecule has 1 aliphatic carbocycles. The van der Waals surface area contributed by atoms with Crippen molar-refractivity contribution in [3.05, 3.63) is 11.7 Å². The molecule has 2 rings (SSSR count). The Bertz CT molecular complexity index is 306. The molecule has 1 aliphatic rings. The average molecular weight is 166 g/mol. The van der Waals surface area contributed by atoms with Gasteiger partial charge in [-0.25, -0.2) is 0 Å². The molecule has 0 radical (unpaired) electrons. The lowest BCUT2D eigenvalue weighted by Crippen LogP contribution is -2.04. The highest BCUT2D eigenvalue weighted by Gasteiger charge is 2.30. The first-order valence-electron chi connectivity index (χ1n) is 4.10. The Hall–Kier alpha value is -1.19. The molecule has 1 aromatic rings. The molecular formula is C8H10N2O2. The number of aromatic nitrogens is 2. The van der Waals surface area contributed by atoms with Crippen LogP contribution in [0.25, 0.3) is 0 Å². The Balaban J connectivity index is 2.24. The van der Waals surface area contributed by atoms with Gasteiger partial charge in [-0.2, -0.15) is 4.98 Å². The van der Waals surface area contributed by atoms with Crippen LogP contribution in [0.2, 0.25) is 0 Å². The number of hydrogen-bond donors (Lipinski definition) is 0. The fourth-order valence-electron chi connectivity index (χ4n) is 1.53. The van der Waals surface area contributed by atoms with Gasteiger partial charge in [-0.1, -0.05) is 5.16 Å². The Morgan fingerprint density at radius 1 is 1.58 bits per heavy atom. The first-order chi connectivity index (χ1) is 5.77. The molecule has 0 saturated heterocycles. The van der Waals surface area contributed by atoms with E-state index in [0.717, 1.165) is 12.8 Å². The third kappa shape index (κ3) is 1.13. The highest BCUT2D eigenvalue weighted by atomic mass is 16.5. The Kier molecular flexibility index (Phi) is 1.67. The highest BCUT2D eigenvalue weighted by molar-refractivity contribution is 5.86. The largest absolute Gasteiger partial charge is 0.339 e. The van der Waals surface area contributed by atoms with E-state index in [1.165, 1.54) is 0 Å². The summed E-state index contributed by atoms with van der Waals surface area (Å²) in [6.45, 7) is 1.76. The van der Waals surface area contributed by atoms with Crippen molar-refractivity contribution in [2.45, 2.75) is 32.1 Å². The maximum Gasteiger partial charge on any atom is 0.237 e. The van der Waals surface area contributed by atoms with Crippen LogP contribution in [0.5, 0.6) is 0 Å². The van der Waals surface area contributed by atoms with Crippen molar-refractivity contribution < 1.29 is 9.32 Å². The number of hydrogen-bond acceptors (Lipinski definition) is 4. The van der Waals surface area contributed by atoms with Gasteiger partial charge in [-0.05, 0) is 19.8 Å². The zero-order chi connectivity index (χ0) is 8.55. The lowest BCUT2D eigenvalue weighted by Gasteiger charge is -1.97. The second kappa shape index (κ2) is 2.69. The first kappa shape index (κ1) is 7.46. The van der Waals surface area contributed by atoms with Crippen LogP contribution in [0.15, 0.2) is 4.52 Å². The van der Waals surface area contributed by atoms with E-state index in [2.05, 4.69) is 10.1 Å². The quantitative estimate of drug-likeness (QED) is 0.629. The number of carbonyl (C=O) groups excluding carboxylic acids is 1. The van der Waals surface area contributed by atoms with E-state index in [1.54, 1.807) is 6.92 Å². The lowest BCUT2D eigenvalue weighted by molar-refractivity contribution is -0.119. The molecular weight excluding hydrogens is 156 g/mol. The average Bonchev–Trinajstić information content (AvgIpc) is 2.58. The molecule has 1 aromatic heterocycles. The Labute approximate surface area is 70.0 Å². The van der Waals surface area contributed by atoms with Crippen LogP contribution in [0.4, 0.5) is 0 Å². The normalized spacial score (nSPS) is 23.4. The van der Waals surface area contributed by atoms with Crippen molar-refractivity contribution in [2.24, 2.45) is 0 Å². The fraction of sp³-hybridized carbons (Fsp3) is 0.625. The molecule has 1 unspecified atom stereocenters. The Morgan fingerprint density at radius 3 is 2.92 bits per heavy atom. The monoisotopic (exact) mass is 166 g/mol. The van der Waals surface area contributed by atoms with Gasteiger partial charge in [-0.15, -0.1) is 0 Å². The SMILES string of the molecule is Cc1noc(C2CCCC2=O)n1. The molecule has 1 heterocycles. The van der Waals surface area contributed by atoms with E-state index < -0.39 is 0 Å². The minimum absolute atomic E-state index is 0.119. The van der Waals surface area contributed by atoms with E-state index in [1.807, 2.05) is 0 Å². The summed E-state index contributed by atoms with van der Waals surface area (Å²) >= 11 is 0. The van der Waals surface area contributed by atoms with Crippen molar-refractivity contribution in [1.82, 2.24) is 10.1 Å². The summed E-state index contributed by atoms with van der Waals surface area (Å²) in [6, 6.07) is 0. The van der Waals surface area contributed by atoms with Gasteiger partial charge in [-0.3, -0.25) is 4.79 Å². The molecule has 4 heteroatoms. The zero-order valence-corrected chi connectivity index (χ0v) is 6.91. The maximum atomic E-state index is 11.3. The van der Waals surface area contributed by atoms with Crippen LogP contribution >= 0.6 is 0 Å². The number of ketones is 1. The second-order valence-electron chi connectivity index (χ2n) is 3.09. The fourth-order valence-corrected chi connectivity index (χ4v) is 1.53. The molecule has 1 fully saturated rings. The summed E-state index contributed by atoms with van der Waals surface area (Å²) in [4.78, 5) is 15.3. The van der Waals surface area contributed by atoms with Crippen molar-refractivity contribution >= 4 is 5.78 Å². The summed E-state index contributed by atoms with van der Waals surface area (Å²) in [6.07, 6.45) is 2.47. The molecule has 0 aliphatic heterocycles. The standard InChI is InChI=1S/C8H10N2O2/c1-5-9-8(12-10-5)6-3-2-4-7(6)11/h6H,2-4H2,1H3. The van der Waals surface area contributed by atoms with E-state index in [9.17, 15) is 4.79 Å². The van der Waals surface area contributed by atoms with Gasteiger partial charge in [0.05, 0.1) is 5.92 Å². The molecule has 64 valence electrons. The minimum atomic E-state index is -0.119. The van der Waals surface area contributed by atoms with Crippen LogP contribution in [-0.4, -0.2) is 15.9 Å². The molecule has 4 nitrogen and oxygen atoms in total. The summed E-state index contributed by atoms with van der Waals surface area (Å²) in [5, 5.41) is 3.66. The predicted molar refractivity (Wildman–Crippen MR) is 40.6 cm³/mol. The van der Waals surface area contributed by atoms with Gasteiger partial charge >= 0.3 is 0 Å². The summed E-state index contributed by atoms with van der Waals surface area (Å²) in [5.41, 5.74) is 0. The Morgan fingerprint density at radius 2 is 2.42 bits per heavy atom. The van der Waals surface area contributed by atoms with E-state index in [0.29, 0.717) is 18.1 Å². The van der Waals surface area contributed by atoms with E-state index in [-0.39, 0.29) is 11.7 Å². The molecule has 12 heavy (non-hydrogen) atoms. The van der Waals surface area contributed by atoms with E-state index in [4.69, 9.17) is 4.52 Å². The van der Waals surface area contributed by atoms with Gasteiger partial charge in [0.1, 0.15) is 5.78 Å². The van der Waals surface area contributed by atoms with Crippen molar-refractivity contribution in [1.29, 1.82) is 0 Å². The van der Waals surface area contributed by atoms with Crippen LogP contribution in [0.1, 0.15) is 36.9 Å². The molecule has 1 atom stereocenters. The van der Waals surface area contributed by atoms with Crippen molar-refractivity contribution in [3.8, 4) is 0 Å². The third-order valence-electron chi connectivity index (χ3n) is 2.15. The van der Waals surface area contributed by atoms with Crippen molar-refractivity contribution in [3.63, 3.8) is 0 Å². The smallest absolute Gasteiger partial charge is 0.237 e. The number of rotatable bonds is 1. The summed E-state index contributed by atoms with van der Waals surface area (Å²) in [7, 11) is 0. The minimum Gasteiger partial charge on any atom is -0.339 e. The predicted octanol–water partition coefficient (Wildman–Crippen LogP) is 1.21. The second-order valence-corrected chi connectivity index (χ2v) is 3.09. The van der Waals surface area contributed by atoms with Crippen molar-refractivity contribution in [2.75, 3.05) is 0 Å². The number of aryl methyl sites for hydroxylation is 1. The van der Waals surface area contributed by atoms with Gasteiger partial charge in [0.25, 0.3) is 0 Å². The molecule has 1 saturated carbocycles. The van der Waals surface area contributed by atoms with Crippen LogP contribution < -0.4 is 0 Å². The van der Waals surface area contributed by atoms with Crippen LogP contribution in [-0.2, 0) is 4.79 Å². The van der Waals surface area contributed by atoms with Crippen LogP contribution in [0, 0.1) is 6.92 Å². The van der Waals surface area contributed by atoms with Crippen LogP contribution in [0.3, 0.4) is 0 Å². The number of nitrogens with zero attached hydrogens (tertiary/aromatic N) is 2. The molecule has 0 bridgehead atoms.